The van der Waals surface area contributed by atoms with Crippen molar-refractivity contribution < 1.29 is 4.42 Å². The van der Waals surface area contributed by atoms with Gasteiger partial charge in [-0.05, 0) is 82.1 Å². The lowest BCUT2D eigenvalue weighted by Gasteiger charge is -2.28. The molecule has 0 aliphatic carbocycles. The first-order valence-electron chi connectivity index (χ1n) is 16.6. The first-order valence-corrected chi connectivity index (χ1v) is 17.4. The number of benzene rings is 8. The Balaban J connectivity index is 1.20. The van der Waals surface area contributed by atoms with Gasteiger partial charge in [-0.3, -0.25) is 0 Å². The Kier molecular flexibility index (Phi) is 6.39. The van der Waals surface area contributed by atoms with Crippen molar-refractivity contribution in [1.82, 2.24) is 0 Å². The molecule has 0 saturated heterocycles. The van der Waals surface area contributed by atoms with Gasteiger partial charge in [0.05, 0.1) is 5.69 Å². The van der Waals surface area contributed by atoms with Gasteiger partial charge >= 0.3 is 0 Å². The molecule has 2 aromatic heterocycles. The predicted molar refractivity (Wildman–Crippen MR) is 210 cm³/mol. The van der Waals surface area contributed by atoms with E-state index in [9.17, 15) is 0 Å². The molecule has 10 aromatic rings. The lowest BCUT2D eigenvalue weighted by atomic mass is 9.96. The second-order valence-corrected chi connectivity index (χ2v) is 13.6. The van der Waals surface area contributed by atoms with Gasteiger partial charge in [0.1, 0.15) is 11.2 Å². The van der Waals surface area contributed by atoms with Gasteiger partial charge in [-0.15, -0.1) is 11.3 Å². The van der Waals surface area contributed by atoms with Crippen molar-refractivity contribution >= 4 is 81.3 Å². The summed E-state index contributed by atoms with van der Waals surface area (Å²) in [7, 11) is 0. The van der Waals surface area contributed by atoms with Crippen molar-refractivity contribution in [3.05, 3.63) is 176 Å². The fourth-order valence-corrected chi connectivity index (χ4v) is 8.58. The monoisotopic (exact) mass is 643 g/mol. The van der Waals surface area contributed by atoms with Crippen LogP contribution in [0.3, 0.4) is 0 Å². The smallest absolute Gasteiger partial charge is 0.135 e. The molecule has 230 valence electrons. The zero-order chi connectivity index (χ0) is 32.3. The number of nitrogens with zero attached hydrogens (tertiary/aromatic N) is 1. The molecule has 0 aliphatic heterocycles. The quantitative estimate of drug-likeness (QED) is 0.186. The third-order valence-electron chi connectivity index (χ3n) is 9.68. The summed E-state index contributed by atoms with van der Waals surface area (Å²) < 4.78 is 8.86. The SMILES string of the molecule is c1ccc(N(c2ccc(-c3cccc4ccccc34)cc2)c2ccc3oc4ccccc4c3c2)c(-c2cccc3sc4ccccc4c23)c1. The second kappa shape index (κ2) is 11.2. The van der Waals surface area contributed by atoms with Gasteiger partial charge in [0.2, 0.25) is 0 Å². The van der Waals surface area contributed by atoms with Crippen LogP contribution < -0.4 is 4.90 Å². The number of fused-ring (bicyclic) bond motifs is 7. The van der Waals surface area contributed by atoms with Gasteiger partial charge in [0.25, 0.3) is 0 Å². The van der Waals surface area contributed by atoms with Gasteiger partial charge in [0, 0.05) is 47.9 Å². The maximum absolute atomic E-state index is 6.25. The number of furan rings is 1. The first kappa shape index (κ1) is 27.9. The Bertz CT molecular complexity index is 2840. The highest BCUT2D eigenvalue weighted by Gasteiger charge is 2.21. The lowest BCUT2D eigenvalue weighted by molar-refractivity contribution is 0.669. The highest BCUT2D eigenvalue weighted by atomic mass is 32.1. The van der Waals surface area contributed by atoms with Crippen LogP contribution in [0.15, 0.2) is 180 Å². The Labute approximate surface area is 287 Å². The Morgan fingerprint density at radius 3 is 1.96 bits per heavy atom. The van der Waals surface area contributed by atoms with Crippen molar-refractivity contribution in [2.75, 3.05) is 4.90 Å². The molecule has 2 heterocycles. The van der Waals surface area contributed by atoms with Crippen LogP contribution in [0, 0.1) is 0 Å². The molecule has 3 heteroatoms. The minimum absolute atomic E-state index is 0.888. The summed E-state index contributed by atoms with van der Waals surface area (Å²) in [5, 5.41) is 7.33. The zero-order valence-electron chi connectivity index (χ0n) is 26.5. The highest BCUT2D eigenvalue weighted by molar-refractivity contribution is 7.25. The van der Waals surface area contributed by atoms with Crippen molar-refractivity contribution in [3.63, 3.8) is 0 Å². The van der Waals surface area contributed by atoms with Crippen LogP contribution in [0.2, 0.25) is 0 Å². The molecule has 0 radical (unpaired) electrons. The molecule has 8 aromatic carbocycles. The first-order chi connectivity index (χ1) is 24.3. The van der Waals surface area contributed by atoms with Crippen LogP contribution in [0.5, 0.6) is 0 Å². The van der Waals surface area contributed by atoms with Gasteiger partial charge in [-0.2, -0.15) is 0 Å². The maximum atomic E-state index is 6.25. The fourth-order valence-electron chi connectivity index (χ4n) is 7.44. The molecular formula is C46H29NOS. The fraction of sp³-hybridized carbons (Fsp3) is 0. The van der Waals surface area contributed by atoms with Crippen molar-refractivity contribution in [2.45, 2.75) is 0 Å². The average Bonchev–Trinajstić information content (AvgIpc) is 3.74. The summed E-state index contributed by atoms with van der Waals surface area (Å²) >= 11 is 1.86. The van der Waals surface area contributed by atoms with E-state index in [2.05, 4.69) is 169 Å². The number of para-hydroxylation sites is 2. The van der Waals surface area contributed by atoms with E-state index >= 15 is 0 Å². The second-order valence-electron chi connectivity index (χ2n) is 12.5. The highest BCUT2D eigenvalue weighted by Crippen LogP contribution is 2.47. The summed E-state index contributed by atoms with van der Waals surface area (Å²) in [6, 6.07) is 63.3. The molecule has 0 fully saturated rings. The standard InChI is InChI=1S/C46H29NOS/c1-2-13-34-30(11-1)12-9-17-35(34)31-23-25-32(26-24-31)47(33-27-28-43-40(29-33)37-15-4-7-20-42(37)48-43)41-19-6-3-14-36(41)38-18-10-22-45-46(38)39-16-5-8-21-44(39)49-45/h1-29H. The summed E-state index contributed by atoms with van der Waals surface area (Å²) in [4.78, 5) is 2.40. The molecule has 0 atom stereocenters. The molecule has 2 nitrogen and oxygen atoms in total. The van der Waals surface area contributed by atoms with Gasteiger partial charge in [-0.25, -0.2) is 0 Å². The molecule has 10 rings (SSSR count). The molecule has 49 heavy (non-hydrogen) atoms. The van der Waals surface area contributed by atoms with Gasteiger partial charge < -0.3 is 9.32 Å². The number of thiophene rings is 1. The third-order valence-corrected chi connectivity index (χ3v) is 10.8. The largest absolute Gasteiger partial charge is 0.456 e. The van der Waals surface area contributed by atoms with Gasteiger partial charge in [-0.1, -0.05) is 121 Å². The number of hydrogen-bond acceptors (Lipinski definition) is 3. The number of anilines is 3. The van der Waals surface area contributed by atoms with Crippen LogP contribution in [0.4, 0.5) is 17.1 Å². The van der Waals surface area contributed by atoms with Gasteiger partial charge in [0.15, 0.2) is 0 Å². The molecule has 0 amide bonds. The Morgan fingerprint density at radius 2 is 1.04 bits per heavy atom. The molecule has 0 saturated carbocycles. The minimum atomic E-state index is 0.888. The summed E-state index contributed by atoms with van der Waals surface area (Å²) in [6.07, 6.45) is 0. The molecule has 0 aliphatic rings. The average molecular weight is 644 g/mol. The predicted octanol–water partition coefficient (Wildman–Crippen LogP) is 13.9. The van der Waals surface area contributed by atoms with Crippen LogP contribution >= 0.6 is 11.3 Å². The number of hydrogen-bond donors (Lipinski definition) is 0. The van der Waals surface area contributed by atoms with Crippen LogP contribution in [0.1, 0.15) is 0 Å². The normalized spacial score (nSPS) is 11.7. The van der Waals surface area contributed by atoms with Crippen molar-refractivity contribution in [3.8, 4) is 22.3 Å². The van der Waals surface area contributed by atoms with E-state index in [0.29, 0.717) is 0 Å². The summed E-state index contributed by atoms with van der Waals surface area (Å²) in [6.45, 7) is 0. The van der Waals surface area contributed by atoms with Crippen molar-refractivity contribution in [2.24, 2.45) is 0 Å². The van der Waals surface area contributed by atoms with E-state index in [-0.39, 0.29) is 0 Å². The molecule has 0 unspecified atom stereocenters. The minimum Gasteiger partial charge on any atom is -0.456 e. The van der Waals surface area contributed by atoms with E-state index in [4.69, 9.17) is 4.42 Å². The van der Waals surface area contributed by atoms with E-state index in [0.717, 1.165) is 39.0 Å². The maximum Gasteiger partial charge on any atom is 0.135 e. The zero-order valence-corrected chi connectivity index (χ0v) is 27.3. The van der Waals surface area contributed by atoms with Crippen molar-refractivity contribution in [1.29, 1.82) is 0 Å². The summed E-state index contributed by atoms with van der Waals surface area (Å²) in [5.74, 6) is 0. The Hall–Kier alpha value is -6.16. The molecule has 0 bridgehead atoms. The van der Waals surface area contributed by atoms with Crippen LogP contribution in [-0.2, 0) is 0 Å². The summed E-state index contributed by atoms with van der Waals surface area (Å²) in [5.41, 5.74) is 9.92. The topological polar surface area (TPSA) is 16.4 Å². The van der Waals surface area contributed by atoms with E-state index < -0.39 is 0 Å². The van der Waals surface area contributed by atoms with Crippen LogP contribution in [0.25, 0.3) is 75.1 Å². The number of rotatable bonds is 5. The third kappa shape index (κ3) is 4.55. The molecule has 0 spiro atoms. The van der Waals surface area contributed by atoms with Crippen LogP contribution in [-0.4, -0.2) is 0 Å². The van der Waals surface area contributed by atoms with E-state index in [1.54, 1.807) is 0 Å². The Morgan fingerprint density at radius 1 is 0.408 bits per heavy atom. The molecule has 0 N–H and O–H groups in total. The lowest BCUT2D eigenvalue weighted by Crippen LogP contribution is -2.11. The molecular weight excluding hydrogens is 615 g/mol. The van der Waals surface area contributed by atoms with E-state index in [1.165, 1.54) is 53.2 Å². The van der Waals surface area contributed by atoms with E-state index in [1.807, 2.05) is 23.5 Å².